The topological polar surface area (TPSA) is 66.9 Å². The van der Waals surface area contributed by atoms with Gasteiger partial charge in [-0.05, 0) is 36.4 Å². The fourth-order valence-electron chi connectivity index (χ4n) is 2.48. The van der Waals surface area contributed by atoms with E-state index in [1.165, 1.54) is 6.07 Å². The predicted octanol–water partition coefficient (Wildman–Crippen LogP) is 4.96. The van der Waals surface area contributed by atoms with Crippen molar-refractivity contribution < 1.29 is 26.9 Å². The molecule has 0 unspecified atom stereocenters. The lowest BCUT2D eigenvalue weighted by molar-refractivity contribution is -0.385. The van der Waals surface area contributed by atoms with Crippen molar-refractivity contribution in [1.82, 2.24) is 0 Å². The average molecular weight is 438 g/mol. The van der Waals surface area contributed by atoms with Crippen LogP contribution in [-0.4, -0.2) is 4.92 Å². The SMILES string of the molecule is N#Cc1ccc(C#Cc2ccc(C#Cc3c(F)c(F)c(F)c(F)c3F)c([N+](=O)[O-])c2)cc1. The number of nitrogens with zero attached hydrogens (tertiary/aromatic N) is 2. The Kier molecular flexibility index (Phi) is 6.19. The lowest BCUT2D eigenvalue weighted by Crippen LogP contribution is -2.04. The Bertz CT molecular complexity index is 1390. The van der Waals surface area contributed by atoms with Crippen LogP contribution in [0.4, 0.5) is 27.6 Å². The maximum absolute atomic E-state index is 13.7. The van der Waals surface area contributed by atoms with E-state index < -0.39 is 45.3 Å². The summed E-state index contributed by atoms with van der Waals surface area (Å²) in [6, 6.07) is 11.8. The fourth-order valence-corrected chi connectivity index (χ4v) is 2.48. The molecule has 0 fully saturated rings. The van der Waals surface area contributed by atoms with Crippen LogP contribution >= 0.6 is 0 Å². The summed E-state index contributed by atoms with van der Waals surface area (Å²) in [5.74, 6) is -1.66. The molecule has 0 N–H and O–H groups in total. The summed E-state index contributed by atoms with van der Waals surface area (Å²) in [4.78, 5) is 10.5. The molecule has 9 heteroatoms. The van der Waals surface area contributed by atoms with Gasteiger partial charge in [0.25, 0.3) is 5.69 Å². The number of benzene rings is 3. The van der Waals surface area contributed by atoms with E-state index in [1.807, 2.05) is 6.07 Å². The number of halogens is 5. The molecule has 0 heterocycles. The maximum atomic E-state index is 13.7. The molecule has 0 bridgehead atoms. The number of hydrogen-bond acceptors (Lipinski definition) is 3. The minimum Gasteiger partial charge on any atom is -0.258 e. The van der Waals surface area contributed by atoms with Crippen molar-refractivity contribution in [1.29, 1.82) is 5.26 Å². The lowest BCUT2D eigenvalue weighted by atomic mass is 10.1. The molecule has 156 valence electrons. The van der Waals surface area contributed by atoms with E-state index in [1.54, 1.807) is 30.2 Å². The zero-order valence-corrected chi connectivity index (χ0v) is 15.6. The molecule has 3 aromatic carbocycles. The van der Waals surface area contributed by atoms with Crippen molar-refractivity contribution in [3.05, 3.63) is 109 Å². The molecule has 0 aliphatic rings. The van der Waals surface area contributed by atoms with Crippen molar-refractivity contribution in [2.24, 2.45) is 0 Å². The third kappa shape index (κ3) is 4.40. The molecule has 0 aliphatic heterocycles. The van der Waals surface area contributed by atoms with Gasteiger partial charge in [0.2, 0.25) is 5.82 Å². The van der Waals surface area contributed by atoms with Crippen LogP contribution in [0.2, 0.25) is 0 Å². The summed E-state index contributed by atoms with van der Waals surface area (Å²) in [5, 5.41) is 20.1. The quantitative estimate of drug-likeness (QED) is 0.135. The van der Waals surface area contributed by atoms with Crippen LogP contribution in [0.25, 0.3) is 0 Å². The first-order chi connectivity index (χ1) is 15.2. The van der Waals surface area contributed by atoms with Gasteiger partial charge in [-0.25, -0.2) is 22.0 Å². The Labute approximate surface area is 177 Å². The first-order valence-electron chi connectivity index (χ1n) is 8.57. The number of nitro groups is 1. The second kappa shape index (κ2) is 8.99. The average Bonchev–Trinajstić information content (AvgIpc) is 2.80. The molecule has 4 nitrogen and oxygen atoms in total. The van der Waals surface area contributed by atoms with Gasteiger partial charge in [-0.15, -0.1) is 0 Å². The summed E-state index contributed by atoms with van der Waals surface area (Å²) in [6.45, 7) is 0. The standard InChI is InChI=1S/C23H7F5N2O2/c24-19-17(20(25)22(27)23(28)21(19)26)10-9-16-8-7-14(11-18(16)30(31)32)4-1-13-2-5-15(12-29)6-3-13/h2-3,5-8,11H. The van der Waals surface area contributed by atoms with Gasteiger partial charge in [-0.3, -0.25) is 10.1 Å². The summed E-state index contributed by atoms with van der Waals surface area (Å²) < 4.78 is 67.2. The lowest BCUT2D eigenvalue weighted by Gasteiger charge is -2.02. The highest BCUT2D eigenvalue weighted by atomic mass is 19.2. The van der Waals surface area contributed by atoms with Crippen LogP contribution < -0.4 is 0 Å². The number of hydrogen-bond donors (Lipinski definition) is 0. The van der Waals surface area contributed by atoms with Crippen LogP contribution in [0.1, 0.15) is 27.8 Å². The first-order valence-corrected chi connectivity index (χ1v) is 8.57. The van der Waals surface area contributed by atoms with Crippen LogP contribution in [0.5, 0.6) is 0 Å². The maximum Gasteiger partial charge on any atom is 0.286 e. The van der Waals surface area contributed by atoms with Crippen molar-refractivity contribution in [2.75, 3.05) is 0 Å². The minimum atomic E-state index is -2.33. The zero-order valence-electron chi connectivity index (χ0n) is 15.6. The molecule has 0 atom stereocenters. The summed E-state index contributed by atoms with van der Waals surface area (Å²) in [7, 11) is 0. The molecule has 0 radical (unpaired) electrons. The van der Waals surface area contributed by atoms with E-state index in [0.717, 1.165) is 12.1 Å². The van der Waals surface area contributed by atoms with Gasteiger partial charge in [0.05, 0.1) is 16.6 Å². The number of rotatable bonds is 1. The van der Waals surface area contributed by atoms with Gasteiger partial charge >= 0.3 is 0 Å². The van der Waals surface area contributed by atoms with E-state index >= 15 is 0 Å². The smallest absolute Gasteiger partial charge is 0.258 e. The molecule has 0 saturated heterocycles. The third-order valence-electron chi connectivity index (χ3n) is 4.09. The molecule has 0 amide bonds. The zero-order chi connectivity index (χ0) is 23.4. The summed E-state index contributed by atoms with van der Waals surface area (Å²) in [5.41, 5.74) is -1.11. The van der Waals surface area contributed by atoms with Crippen LogP contribution in [0, 0.1) is 74.2 Å². The Hall–Kier alpha value is -4.68. The Morgan fingerprint density at radius 3 is 1.75 bits per heavy atom. The van der Waals surface area contributed by atoms with E-state index in [9.17, 15) is 32.1 Å². The van der Waals surface area contributed by atoms with E-state index in [-0.39, 0.29) is 11.1 Å². The fraction of sp³-hybridized carbons (Fsp3) is 0. The van der Waals surface area contributed by atoms with Gasteiger partial charge < -0.3 is 0 Å². The first kappa shape index (κ1) is 22.0. The van der Waals surface area contributed by atoms with E-state index in [2.05, 4.69) is 17.8 Å². The highest BCUT2D eigenvalue weighted by molar-refractivity contribution is 5.58. The van der Waals surface area contributed by atoms with Crippen LogP contribution in [-0.2, 0) is 0 Å². The molecular weight excluding hydrogens is 431 g/mol. The van der Waals surface area contributed by atoms with Crippen LogP contribution in [0.3, 0.4) is 0 Å². The van der Waals surface area contributed by atoms with Gasteiger partial charge in [0.15, 0.2) is 23.3 Å². The molecular formula is C23H7F5N2O2. The van der Waals surface area contributed by atoms with Crippen LogP contribution in [0.15, 0.2) is 42.5 Å². The second-order valence-corrected chi connectivity index (χ2v) is 6.12. The molecule has 0 saturated carbocycles. The Balaban J connectivity index is 2.01. The molecule has 3 aromatic rings. The highest BCUT2D eigenvalue weighted by Gasteiger charge is 2.24. The van der Waals surface area contributed by atoms with E-state index in [0.29, 0.717) is 11.1 Å². The van der Waals surface area contributed by atoms with Gasteiger partial charge in [-0.2, -0.15) is 5.26 Å². The molecule has 0 spiro atoms. The normalized spacial score (nSPS) is 9.75. The Morgan fingerprint density at radius 2 is 1.19 bits per heavy atom. The highest BCUT2D eigenvalue weighted by Crippen LogP contribution is 2.23. The minimum absolute atomic E-state index is 0.211. The van der Waals surface area contributed by atoms with Crippen molar-refractivity contribution in [2.45, 2.75) is 0 Å². The molecule has 3 rings (SSSR count). The Morgan fingerprint density at radius 1 is 0.688 bits per heavy atom. The molecule has 0 aromatic heterocycles. The monoisotopic (exact) mass is 438 g/mol. The number of nitro benzene ring substituents is 1. The molecule has 32 heavy (non-hydrogen) atoms. The third-order valence-corrected chi connectivity index (χ3v) is 4.09. The van der Waals surface area contributed by atoms with Crippen molar-refractivity contribution in [3.63, 3.8) is 0 Å². The largest absolute Gasteiger partial charge is 0.286 e. The van der Waals surface area contributed by atoms with Gasteiger partial charge in [0.1, 0.15) is 11.1 Å². The van der Waals surface area contributed by atoms with Gasteiger partial charge in [0, 0.05) is 17.2 Å². The van der Waals surface area contributed by atoms with Crippen molar-refractivity contribution >= 4 is 5.69 Å². The summed E-state index contributed by atoms with van der Waals surface area (Å²) >= 11 is 0. The summed E-state index contributed by atoms with van der Waals surface area (Å²) in [6.07, 6.45) is 0. The van der Waals surface area contributed by atoms with Crippen molar-refractivity contribution in [3.8, 4) is 29.8 Å². The number of nitriles is 1. The molecule has 0 aliphatic carbocycles. The van der Waals surface area contributed by atoms with Gasteiger partial charge in [-0.1, -0.05) is 23.7 Å². The van der Waals surface area contributed by atoms with E-state index in [4.69, 9.17) is 5.26 Å². The second-order valence-electron chi connectivity index (χ2n) is 6.12. The predicted molar refractivity (Wildman–Crippen MR) is 102 cm³/mol.